The summed E-state index contributed by atoms with van der Waals surface area (Å²) in [6.07, 6.45) is 3.36. The fraction of sp³-hybridized carbons (Fsp3) is 0.562. The highest BCUT2D eigenvalue weighted by Crippen LogP contribution is 2.32. The number of fused-ring (bicyclic) bond motifs is 1. The largest absolute Gasteiger partial charge is 0.508 e. The van der Waals surface area contributed by atoms with Crippen LogP contribution in [0.15, 0.2) is 18.2 Å². The van der Waals surface area contributed by atoms with Crippen LogP contribution in [0.25, 0.3) is 0 Å². The number of carbonyl (C=O) groups excluding carboxylic acids is 1. The van der Waals surface area contributed by atoms with Crippen LogP contribution >= 0.6 is 0 Å². The summed E-state index contributed by atoms with van der Waals surface area (Å²) < 4.78 is 0. The third-order valence-electron chi connectivity index (χ3n) is 4.74. The summed E-state index contributed by atoms with van der Waals surface area (Å²) in [4.78, 5) is 12.3. The molecule has 1 unspecified atom stereocenters. The molecular weight excluding hydrogens is 252 g/mol. The van der Waals surface area contributed by atoms with Gasteiger partial charge in [-0.25, -0.2) is 0 Å². The Labute approximate surface area is 119 Å². The first-order chi connectivity index (χ1) is 9.63. The van der Waals surface area contributed by atoms with Crippen molar-refractivity contribution in [2.75, 3.05) is 13.1 Å². The number of nitrogens with one attached hydrogen (secondary N) is 2. The lowest BCUT2D eigenvalue weighted by Crippen LogP contribution is -2.40. The summed E-state index contributed by atoms with van der Waals surface area (Å²) in [6.45, 7) is 4.09. The van der Waals surface area contributed by atoms with Gasteiger partial charge in [0.05, 0.1) is 0 Å². The number of hydrogen-bond acceptors (Lipinski definition) is 3. The van der Waals surface area contributed by atoms with Gasteiger partial charge in [-0.1, -0.05) is 0 Å². The molecule has 0 radical (unpaired) electrons. The molecule has 20 heavy (non-hydrogen) atoms. The topological polar surface area (TPSA) is 61.4 Å². The van der Waals surface area contributed by atoms with E-state index in [1.54, 1.807) is 18.2 Å². The number of amides is 1. The normalized spacial score (nSPS) is 28.9. The first kappa shape index (κ1) is 13.4. The molecular formula is C16H22N2O2. The van der Waals surface area contributed by atoms with Gasteiger partial charge in [0, 0.05) is 11.6 Å². The van der Waals surface area contributed by atoms with Crippen molar-refractivity contribution >= 4 is 5.91 Å². The molecule has 4 heteroatoms. The van der Waals surface area contributed by atoms with E-state index in [1.807, 2.05) is 6.92 Å². The average Bonchev–Trinajstić information content (AvgIpc) is 2.85. The van der Waals surface area contributed by atoms with Gasteiger partial charge in [0.1, 0.15) is 5.75 Å². The first-order valence-electron chi connectivity index (χ1n) is 7.44. The number of phenols is 1. The second-order valence-corrected chi connectivity index (χ2v) is 6.16. The Morgan fingerprint density at radius 2 is 2.10 bits per heavy atom. The monoisotopic (exact) mass is 274 g/mol. The van der Waals surface area contributed by atoms with Gasteiger partial charge in [0.15, 0.2) is 0 Å². The van der Waals surface area contributed by atoms with E-state index in [2.05, 4.69) is 10.6 Å². The number of aromatic hydroxyl groups is 1. The number of carbonyl (C=O) groups is 1. The molecule has 1 saturated heterocycles. The SMILES string of the molecule is Cc1cc(O)ccc1C(=O)NC1CC[C@H]2CNC[C@H]2C1. The van der Waals surface area contributed by atoms with E-state index >= 15 is 0 Å². The highest BCUT2D eigenvalue weighted by atomic mass is 16.3. The molecule has 3 N–H and O–H groups in total. The highest BCUT2D eigenvalue weighted by Gasteiger charge is 2.34. The Morgan fingerprint density at radius 3 is 2.90 bits per heavy atom. The molecule has 1 amide bonds. The molecule has 0 aromatic heterocycles. The summed E-state index contributed by atoms with van der Waals surface area (Å²) in [7, 11) is 0. The molecule has 4 nitrogen and oxygen atoms in total. The van der Waals surface area contributed by atoms with Crippen molar-refractivity contribution in [3.05, 3.63) is 29.3 Å². The van der Waals surface area contributed by atoms with Crippen molar-refractivity contribution in [3.8, 4) is 5.75 Å². The fourth-order valence-electron chi connectivity index (χ4n) is 3.60. The molecule has 2 aliphatic rings. The molecule has 1 heterocycles. The molecule has 0 spiro atoms. The molecule has 1 aliphatic carbocycles. The van der Waals surface area contributed by atoms with Crippen LogP contribution in [-0.4, -0.2) is 30.1 Å². The predicted molar refractivity (Wildman–Crippen MR) is 77.8 cm³/mol. The van der Waals surface area contributed by atoms with Crippen LogP contribution in [0.4, 0.5) is 0 Å². The molecule has 1 aromatic carbocycles. The number of hydrogen-bond donors (Lipinski definition) is 3. The van der Waals surface area contributed by atoms with Crippen LogP contribution in [0, 0.1) is 18.8 Å². The lowest BCUT2D eigenvalue weighted by Gasteiger charge is -2.31. The Bertz CT molecular complexity index is 515. The molecule has 2 fully saturated rings. The predicted octanol–water partition coefficient (Wildman–Crippen LogP) is 1.82. The minimum atomic E-state index is -0.0168. The molecule has 3 rings (SSSR count). The zero-order valence-corrected chi connectivity index (χ0v) is 11.9. The molecule has 0 bridgehead atoms. The Morgan fingerprint density at radius 1 is 1.30 bits per heavy atom. The molecule has 1 aromatic rings. The summed E-state index contributed by atoms with van der Waals surface area (Å²) in [5, 5.41) is 16.0. The zero-order chi connectivity index (χ0) is 14.1. The van der Waals surface area contributed by atoms with Crippen molar-refractivity contribution in [1.29, 1.82) is 0 Å². The van der Waals surface area contributed by atoms with E-state index in [-0.39, 0.29) is 17.7 Å². The summed E-state index contributed by atoms with van der Waals surface area (Å²) in [6, 6.07) is 5.19. The lowest BCUT2D eigenvalue weighted by atomic mass is 9.79. The maximum absolute atomic E-state index is 12.3. The van der Waals surface area contributed by atoms with Gasteiger partial charge in [-0.05, 0) is 74.9 Å². The molecule has 108 valence electrons. The summed E-state index contributed by atoms with van der Waals surface area (Å²) in [5.41, 5.74) is 1.48. The van der Waals surface area contributed by atoms with Crippen LogP contribution in [-0.2, 0) is 0 Å². The van der Waals surface area contributed by atoms with Crippen molar-refractivity contribution in [2.45, 2.75) is 32.2 Å². The van der Waals surface area contributed by atoms with E-state index in [4.69, 9.17) is 0 Å². The fourth-order valence-corrected chi connectivity index (χ4v) is 3.60. The Balaban J connectivity index is 1.64. The third-order valence-corrected chi connectivity index (χ3v) is 4.74. The van der Waals surface area contributed by atoms with E-state index in [1.165, 1.54) is 6.42 Å². The second-order valence-electron chi connectivity index (χ2n) is 6.16. The number of aryl methyl sites for hydroxylation is 1. The van der Waals surface area contributed by atoms with Crippen LogP contribution in [0.3, 0.4) is 0 Å². The summed E-state index contributed by atoms with van der Waals surface area (Å²) in [5.74, 6) is 1.71. The highest BCUT2D eigenvalue weighted by molar-refractivity contribution is 5.96. The lowest BCUT2D eigenvalue weighted by molar-refractivity contribution is 0.0913. The molecule has 1 saturated carbocycles. The van der Waals surface area contributed by atoms with Crippen LogP contribution < -0.4 is 10.6 Å². The van der Waals surface area contributed by atoms with Gasteiger partial charge in [0.2, 0.25) is 0 Å². The maximum Gasteiger partial charge on any atom is 0.251 e. The van der Waals surface area contributed by atoms with Gasteiger partial charge < -0.3 is 15.7 Å². The quantitative estimate of drug-likeness (QED) is 0.771. The van der Waals surface area contributed by atoms with Gasteiger partial charge in [-0.15, -0.1) is 0 Å². The van der Waals surface area contributed by atoms with Gasteiger partial charge in [-0.3, -0.25) is 4.79 Å². The number of rotatable bonds is 2. The van der Waals surface area contributed by atoms with Crippen molar-refractivity contribution < 1.29 is 9.90 Å². The standard InChI is InChI=1S/C16H22N2O2/c1-10-6-14(19)4-5-15(10)16(20)18-13-3-2-11-8-17-9-12(11)7-13/h4-6,11-13,17,19H,2-3,7-9H2,1H3,(H,18,20)/t11-,12+,13?/m0/s1. The van der Waals surface area contributed by atoms with E-state index < -0.39 is 0 Å². The molecule has 1 aliphatic heterocycles. The van der Waals surface area contributed by atoms with Gasteiger partial charge >= 0.3 is 0 Å². The van der Waals surface area contributed by atoms with Gasteiger partial charge in [0.25, 0.3) is 5.91 Å². The van der Waals surface area contributed by atoms with E-state index in [0.29, 0.717) is 5.56 Å². The van der Waals surface area contributed by atoms with Crippen molar-refractivity contribution in [1.82, 2.24) is 10.6 Å². The minimum absolute atomic E-state index is 0.0168. The van der Waals surface area contributed by atoms with Crippen LogP contribution in [0.1, 0.15) is 35.2 Å². The van der Waals surface area contributed by atoms with E-state index in [0.717, 1.165) is 43.3 Å². The summed E-state index contributed by atoms with van der Waals surface area (Å²) >= 11 is 0. The van der Waals surface area contributed by atoms with E-state index in [9.17, 15) is 9.90 Å². The maximum atomic E-state index is 12.3. The first-order valence-corrected chi connectivity index (χ1v) is 7.44. The van der Waals surface area contributed by atoms with Crippen LogP contribution in [0.5, 0.6) is 5.75 Å². The number of phenolic OH excluding ortho intramolecular Hbond substituents is 1. The smallest absolute Gasteiger partial charge is 0.251 e. The Kier molecular flexibility index (Phi) is 3.66. The van der Waals surface area contributed by atoms with Crippen molar-refractivity contribution in [2.24, 2.45) is 11.8 Å². The average molecular weight is 274 g/mol. The molecule has 3 atom stereocenters. The van der Waals surface area contributed by atoms with Gasteiger partial charge in [-0.2, -0.15) is 0 Å². The van der Waals surface area contributed by atoms with Crippen molar-refractivity contribution in [3.63, 3.8) is 0 Å². The second kappa shape index (κ2) is 5.44. The number of benzene rings is 1. The third kappa shape index (κ3) is 2.66. The Hall–Kier alpha value is -1.55. The van der Waals surface area contributed by atoms with Crippen LogP contribution in [0.2, 0.25) is 0 Å². The zero-order valence-electron chi connectivity index (χ0n) is 11.9. The minimum Gasteiger partial charge on any atom is -0.508 e.